The van der Waals surface area contributed by atoms with Gasteiger partial charge in [-0.15, -0.1) is 0 Å². The van der Waals surface area contributed by atoms with Crippen molar-refractivity contribution in [3.8, 4) is 0 Å². The quantitative estimate of drug-likeness (QED) is 0.640. The van der Waals surface area contributed by atoms with E-state index in [9.17, 15) is 8.42 Å². The van der Waals surface area contributed by atoms with Crippen molar-refractivity contribution >= 4 is 10.0 Å². The Hall–Kier alpha value is -0.130. The molecule has 2 N–H and O–H groups in total. The van der Waals surface area contributed by atoms with Gasteiger partial charge < -0.3 is 5.32 Å². The second-order valence-corrected chi connectivity index (χ2v) is 8.12. The predicted molar refractivity (Wildman–Crippen MR) is 80.7 cm³/mol. The Morgan fingerprint density at radius 2 is 1.84 bits per heavy atom. The third-order valence-corrected chi connectivity index (χ3v) is 6.22. The average molecular weight is 290 g/mol. The van der Waals surface area contributed by atoms with E-state index in [-0.39, 0.29) is 10.7 Å². The second kappa shape index (κ2) is 7.60. The molecule has 0 aromatic rings. The van der Waals surface area contributed by atoms with Crippen molar-refractivity contribution in [3.05, 3.63) is 0 Å². The highest BCUT2D eigenvalue weighted by Crippen LogP contribution is 2.40. The molecule has 1 atom stereocenters. The van der Waals surface area contributed by atoms with Crippen molar-refractivity contribution in [2.75, 3.05) is 19.6 Å². The van der Waals surface area contributed by atoms with Gasteiger partial charge >= 0.3 is 0 Å². The summed E-state index contributed by atoms with van der Waals surface area (Å²) in [6.45, 7) is 8.05. The molecule has 1 saturated carbocycles. The van der Waals surface area contributed by atoms with Crippen molar-refractivity contribution in [3.63, 3.8) is 0 Å². The standard InChI is InChI=1S/C14H30N2O2S/c1-4-10-15-11-13(3)19(17,18)16-12-14(5-2)8-6-7-9-14/h13,15-16H,4-12H2,1-3H3. The zero-order valence-corrected chi connectivity index (χ0v) is 13.5. The van der Waals surface area contributed by atoms with E-state index < -0.39 is 10.0 Å². The van der Waals surface area contributed by atoms with Gasteiger partial charge in [-0.3, -0.25) is 0 Å². The highest BCUT2D eigenvalue weighted by atomic mass is 32.2. The van der Waals surface area contributed by atoms with Crippen LogP contribution in [0.3, 0.4) is 0 Å². The van der Waals surface area contributed by atoms with Crippen LogP contribution in [0.15, 0.2) is 0 Å². The van der Waals surface area contributed by atoms with E-state index in [4.69, 9.17) is 0 Å². The molecule has 0 radical (unpaired) electrons. The molecule has 1 rings (SSSR count). The van der Waals surface area contributed by atoms with E-state index in [0.717, 1.165) is 32.2 Å². The van der Waals surface area contributed by atoms with Crippen molar-refractivity contribution in [1.29, 1.82) is 0 Å². The van der Waals surface area contributed by atoms with Gasteiger partial charge in [-0.2, -0.15) is 0 Å². The zero-order chi connectivity index (χ0) is 14.4. The molecular formula is C14H30N2O2S. The summed E-state index contributed by atoms with van der Waals surface area (Å²) in [6.07, 6.45) is 6.90. The third kappa shape index (κ3) is 5.04. The van der Waals surface area contributed by atoms with E-state index in [1.807, 2.05) is 0 Å². The molecule has 0 heterocycles. The van der Waals surface area contributed by atoms with Crippen LogP contribution in [0.2, 0.25) is 0 Å². The highest BCUT2D eigenvalue weighted by molar-refractivity contribution is 7.90. The lowest BCUT2D eigenvalue weighted by molar-refractivity contribution is 0.285. The fraction of sp³-hybridized carbons (Fsp3) is 1.00. The van der Waals surface area contributed by atoms with Crippen molar-refractivity contribution in [1.82, 2.24) is 10.0 Å². The number of sulfonamides is 1. The van der Waals surface area contributed by atoms with Crippen LogP contribution in [0.5, 0.6) is 0 Å². The maximum absolute atomic E-state index is 12.2. The fourth-order valence-corrected chi connectivity index (χ4v) is 3.90. The molecule has 0 amide bonds. The number of hydrogen-bond donors (Lipinski definition) is 2. The summed E-state index contributed by atoms with van der Waals surface area (Å²) < 4.78 is 27.2. The Balaban J connectivity index is 2.45. The van der Waals surface area contributed by atoms with Gasteiger partial charge in [0, 0.05) is 13.1 Å². The normalized spacial score (nSPS) is 20.6. The van der Waals surface area contributed by atoms with Gasteiger partial charge in [-0.25, -0.2) is 13.1 Å². The Morgan fingerprint density at radius 3 is 2.37 bits per heavy atom. The maximum Gasteiger partial charge on any atom is 0.215 e. The molecule has 0 saturated heterocycles. The molecule has 114 valence electrons. The maximum atomic E-state index is 12.2. The lowest BCUT2D eigenvalue weighted by Crippen LogP contribution is -2.43. The summed E-state index contributed by atoms with van der Waals surface area (Å²) in [7, 11) is -3.19. The molecule has 5 heteroatoms. The number of hydrogen-bond acceptors (Lipinski definition) is 3. The van der Waals surface area contributed by atoms with Crippen LogP contribution < -0.4 is 10.0 Å². The molecule has 1 aliphatic carbocycles. The molecule has 0 spiro atoms. The lowest BCUT2D eigenvalue weighted by Gasteiger charge is -2.28. The van der Waals surface area contributed by atoms with Gasteiger partial charge in [0.2, 0.25) is 10.0 Å². The van der Waals surface area contributed by atoms with Crippen LogP contribution in [0.4, 0.5) is 0 Å². The third-order valence-electron chi connectivity index (χ3n) is 4.45. The largest absolute Gasteiger partial charge is 0.315 e. The molecular weight excluding hydrogens is 260 g/mol. The number of nitrogens with one attached hydrogen (secondary N) is 2. The van der Waals surface area contributed by atoms with Crippen LogP contribution in [-0.2, 0) is 10.0 Å². The van der Waals surface area contributed by atoms with E-state index in [1.54, 1.807) is 6.92 Å². The van der Waals surface area contributed by atoms with E-state index in [2.05, 4.69) is 23.9 Å². The lowest BCUT2D eigenvalue weighted by atomic mass is 9.84. The van der Waals surface area contributed by atoms with Crippen LogP contribution in [0.25, 0.3) is 0 Å². The molecule has 0 aromatic heterocycles. The van der Waals surface area contributed by atoms with Gasteiger partial charge in [-0.05, 0) is 44.6 Å². The average Bonchev–Trinajstić information content (AvgIpc) is 2.86. The Kier molecular flexibility index (Phi) is 6.77. The molecule has 0 aromatic carbocycles. The zero-order valence-electron chi connectivity index (χ0n) is 12.7. The summed E-state index contributed by atoms with van der Waals surface area (Å²) in [4.78, 5) is 0. The highest BCUT2D eigenvalue weighted by Gasteiger charge is 2.33. The van der Waals surface area contributed by atoms with E-state index >= 15 is 0 Å². The fourth-order valence-electron chi connectivity index (χ4n) is 2.77. The minimum atomic E-state index is -3.19. The number of rotatable bonds is 9. The molecule has 1 aliphatic rings. The summed E-state index contributed by atoms with van der Waals surface area (Å²) in [5.74, 6) is 0. The van der Waals surface area contributed by atoms with Crippen LogP contribution in [0, 0.1) is 5.41 Å². The Morgan fingerprint density at radius 1 is 1.21 bits per heavy atom. The first-order valence-corrected chi connectivity index (χ1v) is 9.19. The predicted octanol–water partition coefficient (Wildman–Crippen LogP) is 2.26. The minimum absolute atomic E-state index is 0.212. The summed E-state index contributed by atoms with van der Waals surface area (Å²) >= 11 is 0. The van der Waals surface area contributed by atoms with Gasteiger partial charge in [0.15, 0.2) is 0 Å². The van der Waals surface area contributed by atoms with Crippen LogP contribution in [-0.4, -0.2) is 33.3 Å². The summed E-state index contributed by atoms with van der Waals surface area (Å²) in [6, 6.07) is 0. The minimum Gasteiger partial charge on any atom is -0.315 e. The van der Waals surface area contributed by atoms with Crippen LogP contribution >= 0.6 is 0 Å². The first kappa shape index (κ1) is 16.9. The van der Waals surface area contributed by atoms with Crippen molar-refractivity contribution < 1.29 is 8.42 Å². The first-order chi connectivity index (χ1) is 8.96. The SMILES string of the molecule is CCCNCC(C)S(=O)(=O)NCC1(CC)CCCC1. The topological polar surface area (TPSA) is 58.2 Å². The van der Waals surface area contributed by atoms with Gasteiger partial charge in [-0.1, -0.05) is 26.7 Å². The van der Waals surface area contributed by atoms with E-state index in [1.165, 1.54) is 12.8 Å². The monoisotopic (exact) mass is 290 g/mol. The van der Waals surface area contributed by atoms with Crippen molar-refractivity contribution in [2.24, 2.45) is 5.41 Å². The van der Waals surface area contributed by atoms with Gasteiger partial charge in [0.05, 0.1) is 5.25 Å². The van der Waals surface area contributed by atoms with Crippen molar-refractivity contribution in [2.45, 2.75) is 64.5 Å². The molecule has 19 heavy (non-hydrogen) atoms. The van der Waals surface area contributed by atoms with Crippen LogP contribution in [0.1, 0.15) is 59.3 Å². The molecule has 1 fully saturated rings. The summed E-state index contributed by atoms with van der Waals surface area (Å²) in [5.41, 5.74) is 0.212. The molecule has 0 bridgehead atoms. The smallest absolute Gasteiger partial charge is 0.215 e. The molecule has 0 aliphatic heterocycles. The second-order valence-electron chi connectivity index (χ2n) is 5.94. The Labute approximate surface area is 118 Å². The molecule has 4 nitrogen and oxygen atoms in total. The van der Waals surface area contributed by atoms with E-state index in [0.29, 0.717) is 13.1 Å². The summed E-state index contributed by atoms with van der Waals surface area (Å²) in [5, 5.41) is 2.81. The van der Waals surface area contributed by atoms with Gasteiger partial charge in [0.25, 0.3) is 0 Å². The van der Waals surface area contributed by atoms with Gasteiger partial charge in [0.1, 0.15) is 0 Å². The first-order valence-electron chi connectivity index (χ1n) is 7.65. The molecule has 1 unspecified atom stereocenters. The Bertz CT molecular complexity index is 348.